The first-order chi connectivity index (χ1) is 20.7. The molecular formula is C28H18ClF4N7O2S. The maximum atomic E-state index is 16.7. The summed E-state index contributed by atoms with van der Waals surface area (Å²) in [7, 11) is 1.26. The third kappa shape index (κ3) is 4.48. The summed E-state index contributed by atoms with van der Waals surface area (Å²) in [6.45, 7) is -0.134. The second kappa shape index (κ2) is 10.8. The summed E-state index contributed by atoms with van der Waals surface area (Å²) in [6, 6.07) is 5.93. The summed E-state index contributed by atoms with van der Waals surface area (Å²) in [5.41, 5.74) is 11.8. The van der Waals surface area contributed by atoms with Crippen LogP contribution in [0.15, 0.2) is 42.6 Å². The second-order valence-electron chi connectivity index (χ2n) is 9.26. The standard InChI is InChI=1S/C28H18ClF4N7O2S/c1-41-28-38-22-19-23(20(29)18(21(22)33)12-4-5-14(30)24-17(12)13(10-34)26(36)43-24)42-8-7-40(27(19)39-28)15(9-16(31)32)11-3-2-6-37-25(11)35/h2-6,9,15H,7-8,36H2,1H3,(H2,35,37). The number of halogens is 5. The van der Waals surface area contributed by atoms with E-state index in [9.17, 15) is 18.4 Å². The number of thiophene rings is 1. The molecule has 5 aromatic rings. The third-order valence-electron chi connectivity index (χ3n) is 6.98. The van der Waals surface area contributed by atoms with Crippen LogP contribution in [0.5, 0.6) is 11.8 Å². The number of nitrogens with two attached hydrogens (primary N) is 2. The van der Waals surface area contributed by atoms with Gasteiger partial charge in [-0.2, -0.15) is 24.0 Å². The fraction of sp³-hybridized carbons (Fsp3) is 0.143. The number of anilines is 3. The highest BCUT2D eigenvalue weighted by Crippen LogP contribution is 2.51. The van der Waals surface area contributed by atoms with Gasteiger partial charge in [0.1, 0.15) is 40.6 Å². The molecule has 218 valence electrons. The summed E-state index contributed by atoms with van der Waals surface area (Å²) in [5, 5.41) is 9.65. The van der Waals surface area contributed by atoms with E-state index < -0.39 is 23.8 Å². The molecule has 0 aliphatic carbocycles. The smallest absolute Gasteiger partial charge is 0.318 e. The number of methoxy groups -OCH3 is 1. The Morgan fingerprint density at radius 1 is 1.23 bits per heavy atom. The molecule has 4 N–H and O–H groups in total. The lowest BCUT2D eigenvalue weighted by molar-refractivity contribution is 0.328. The van der Waals surface area contributed by atoms with Crippen LogP contribution in [0.3, 0.4) is 0 Å². The minimum absolute atomic E-state index is 0.00382. The summed E-state index contributed by atoms with van der Waals surface area (Å²) in [5.74, 6) is -1.69. The van der Waals surface area contributed by atoms with Crippen molar-refractivity contribution in [2.75, 3.05) is 36.6 Å². The van der Waals surface area contributed by atoms with Gasteiger partial charge in [-0.25, -0.2) is 13.8 Å². The fourth-order valence-electron chi connectivity index (χ4n) is 5.18. The molecule has 0 amide bonds. The van der Waals surface area contributed by atoms with Crippen molar-refractivity contribution in [3.8, 4) is 29.0 Å². The van der Waals surface area contributed by atoms with Crippen LogP contribution in [0.1, 0.15) is 17.2 Å². The molecule has 9 nitrogen and oxygen atoms in total. The van der Waals surface area contributed by atoms with Gasteiger partial charge in [-0.15, -0.1) is 11.3 Å². The molecule has 4 heterocycles. The average molecular weight is 628 g/mol. The first-order valence-corrected chi connectivity index (χ1v) is 13.7. The SMILES string of the molecule is COc1nc2c3c(c(Cl)c(-c4ccc(F)c5sc(N)c(C#N)c45)c(F)c3n1)OCCN2C(C=C(F)F)c1cccnc1N. The number of nitrogens with zero attached hydrogens (tertiary/aromatic N) is 5. The lowest BCUT2D eigenvalue weighted by atomic mass is 9.96. The van der Waals surface area contributed by atoms with Crippen LogP contribution in [0.2, 0.25) is 5.02 Å². The Balaban J connectivity index is 1.70. The predicted molar refractivity (Wildman–Crippen MR) is 155 cm³/mol. The topological polar surface area (TPSA) is 136 Å². The molecule has 0 spiro atoms. The van der Waals surface area contributed by atoms with Crippen LogP contribution in [0.25, 0.3) is 32.1 Å². The van der Waals surface area contributed by atoms with Crippen molar-refractivity contribution in [3.05, 3.63) is 70.4 Å². The molecule has 1 aliphatic heterocycles. The van der Waals surface area contributed by atoms with Gasteiger partial charge in [0.15, 0.2) is 11.6 Å². The van der Waals surface area contributed by atoms with Gasteiger partial charge >= 0.3 is 6.01 Å². The Labute approximate surface area is 249 Å². The van der Waals surface area contributed by atoms with Crippen molar-refractivity contribution in [1.82, 2.24) is 15.0 Å². The molecule has 3 aromatic heterocycles. The third-order valence-corrected chi connectivity index (χ3v) is 8.37. The van der Waals surface area contributed by atoms with Gasteiger partial charge in [-0.3, -0.25) is 0 Å². The van der Waals surface area contributed by atoms with Crippen molar-refractivity contribution in [2.24, 2.45) is 0 Å². The summed E-state index contributed by atoms with van der Waals surface area (Å²) >= 11 is 7.68. The Morgan fingerprint density at radius 2 is 2.02 bits per heavy atom. The molecule has 0 saturated carbocycles. The molecule has 0 fully saturated rings. The molecular weight excluding hydrogens is 610 g/mol. The van der Waals surface area contributed by atoms with E-state index in [-0.39, 0.29) is 89.8 Å². The number of nitriles is 1. The Bertz CT molecular complexity index is 2030. The molecule has 0 saturated heterocycles. The molecule has 1 aliphatic rings. The zero-order valence-electron chi connectivity index (χ0n) is 22.0. The molecule has 0 bridgehead atoms. The van der Waals surface area contributed by atoms with Crippen LogP contribution in [0.4, 0.5) is 34.2 Å². The van der Waals surface area contributed by atoms with E-state index >= 15 is 4.39 Å². The number of aromatic nitrogens is 3. The Kier molecular flexibility index (Phi) is 7.07. The van der Waals surface area contributed by atoms with Crippen molar-refractivity contribution in [1.29, 1.82) is 5.26 Å². The van der Waals surface area contributed by atoms with Gasteiger partial charge in [0.25, 0.3) is 6.08 Å². The second-order valence-corrected chi connectivity index (χ2v) is 10.7. The normalized spacial score (nSPS) is 13.4. The quantitative estimate of drug-likeness (QED) is 0.206. The molecule has 2 aromatic carbocycles. The number of hydrogen-bond acceptors (Lipinski definition) is 10. The highest BCUT2D eigenvalue weighted by Gasteiger charge is 2.34. The minimum Gasteiger partial charge on any atom is -0.489 e. The van der Waals surface area contributed by atoms with E-state index in [0.29, 0.717) is 6.08 Å². The predicted octanol–water partition coefficient (Wildman–Crippen LogP) is 6.60. The van der Waals surface area contributed by atoms with Crippen molar-refractivity contribution < 1.29 is 27.0 Å². The Hall–Kier alpha value is -4.87. The van der Waals surface area contributed by atoms with Crippen molar-refractivity contribution in [2.45, 2.75) is 6.04 Å². The first-order valence-electron chi connectivity index (χ1n) is 12.5. The lowest BCUT2D eigenvalue weighted by Gasteiger charge is -2.30. The van der Waals surface area contributed by atoms with Crippen LogP contribution in [-0.4, -0.2) is 35.2 Å². The van der Waals surface area contributed by atoms with E-state index in [2.05, 4.69) is 15.0 Å². The highest BCUT2D eigenvalue weighted by atomic mass is 35.5. The zero-order chi connectivity index (χ0) is 30.6. The molecule has 1 atom stereocenters. The maximum absolute atomic E-state index is 16.7. The Morgan fingerprint density at radius 3 is 2.72 bits per heavy atom. The number of nitrogen functional groups attached to an aromatic ring is 2. The van der Waals surface area contributed by atoms with E-state index in [0.717, 1.165) is 17.4 Å². The zero-order valence-corrected chi connectivity index (χ0v) is 23.5. The molecule has 1 unspecified atom stereocenters. The lowest BCUT2D eigenvalue weighted by Crippen LogP contribution is -2.32. The molecule has 43 heavy (non-hydrogen) atoms. The number of ether oxygens (including phenoxy) is 2. The number of fused-ring (bicyclic) bond motifs is 1. The van der Waals surface area contributed by atoms with Gasteiger partial charge in [0.05, 0.1) is 40.4 Å². The highest BCUT2D eigenvalue weighted by molar-refractivity contribution is 7.23. The summed E-state index contributed by atoms with van der Waals surface area (Å²) in [4.78, 5) is 14.1. The summed E-state index contributed by atoms with van der Waals surface area (Å²) in [6.07, 6.45) is 0.0873. The largest absolute Gasteiger partial charge is 0.489 e. The van der Waals surface area contributed by atoms with Crippen molar-refractivity contribution >= 4 is 60.6 Å². The van der Waals surface area contributed by atoms with E-state index in [1.807, 2.05) is 6.07 Å². The van der Waals surface area contributed by atoms with Crippen LogP contribution in [-0.2, 0) is 0 Å². The first kappa shape index (κ1) is 28.3. The van der Waals surface area contributed by atoms with Gasteiger partial charge in [-0.1, -0.05) is 23.7 Å². The fourth-order valence-corrected chi connectivity index (χ4v) is 6.47. The number of hydrogen-bond donors (Lipinski definition) is 2. The van der Waals surface area contributed by atoms with Crippen LogP contribution < -0.4 is 25.8 Å². The monoisotopic (exact) mass is 627 g/mol. The van der Waals surface area contributed by atoms with Crippen molar-refractivity contribution in [3.63, 3.8) is 0 Å². The molecule has 15 heteroatoms. The van der Waals surface area contributed by atoms with Crippen LogP contribution in [0, 0.1) is 23.0 Å². The van der Waals surface area contributed by atoms with Gasteiger partial charge in [0.2, 0.25) is 0 Å². The minimum atomic E-state index is -2.00. The molecule has 0 radical (unpaired) electrons. The van der Waals surface area contributed by atoms with Gasteiger partial charge in [-0.05, 0) is 17.7 Å². The summed E-state index contributed by atoms with van der Waals surface area (Å²) < 4.78 is 70.5. The van der Waals surface area contributed by atoms with E-state index in [4.69, 9.17) is 32.5 Å². The van der Waals surface area contributed by atoms with Gasteiger partial charge < -0.3 is 25.8 Å². The number of benzene rings is 2. The van der Waals surface area contributed by atoms with E-state index in [1.54, 1.807) is 6.07 Å². The van der Waals surface area contributed by atoms with E-state index in [1.165, 1.54) is 30.3 Å². The molecule has 6 rings (SSSR count). The average Bonchev–Trinajstić information content (AvgIpc) is 3.21. The van der Waals surface area contributed by atoms with Crippen LogP contribution >= 0.6 is 22.9 Å². The number of pyridine rings is 1. The number of rotatable bonds is 5. The van der Waals surface area contributed by atoms with Gasteiger partial charge in [0, 0.05) is 28.8 Å². The maximum Gasteiger partial charge on any atom is 0.318 e.